The molecule has 0 saturated heterocycles. The molecule has 0 unspecified atom stereocenters. The Labute approximate surface area is 169 Å². The van der Waals surface area contributed by atoms with Crippen LogP contribution in [0, 0.1) is 0 Å². The van der Waals surface area contributed by atoms with Gasteiger partial charge in [0.2, 0.25) is 0 Å². The van der Waals surface area contributed by atoms with Crippen LogP contribution in [-0.4, -0.2) is 12.2 Å². The number of thiocarbonyl (C=S) groups is 1. The number of fused-ring (bicyclic) bond motifs is 3. The molecule has 3 aromatic carbocycles. The van der Waals surface area contributed by atoms with Crippen LogP contribution in [0.15, 0.2) is 65.1 Å². The summed E-state index contributed by atoms with van der Waals surface area (Å²) in [7, 11) is 1.50. The Morgan fingerprint density at radius 2 is 1.59 bits per heavy atom. The van der Waals surface area contributed by atoms with Gasteiger partial charge in [0.05, 0.1) is 24.0 Å². The van der Waals surface area contributed by atoms with E-state index < -0.39 is 11.7 Å². The zero-order valence-electron chi connectivity index (χ0n) is 15.1. The summed E-state index contributed by atoms with van der Waals surface area (Å²) in [5.74, 6) is 0.484. The van der Waals surface area contributed by atoms with Gasteiger partial charge in [-0.3, -0.25) is 0 Å². The summed E-state index contributed by atoms with van der Waals surface area (Å²) < 4.78 is 50.8. The SMILES string of the molecule is COc1cc2c(cc1NC(=S)Nc1ccccc1C(F)(F)F)oc1ccccc12. The molecule has 0 saturated carbocycles. The molecule has 29 heavy (non-hydrogen) atoms. The first-order valence-electron chi connectivity index (χ1n) is 8.60. The third-order valence-electron chi connectivity index (χ3n) is 4.43. The Balaban J connectivity index is 1.66. The third-order valence-corrected chi connectivity index (χ3v) is 4.63. The van der Waals surface area contributed by atoms with Crippen LogP contribution >= 0.6 is 12.2 Å². The molecule has 0 fully saturated rings. The quantitative estimate of drug-likeness (QED) is 0.377. The van der Waals surface area contributed by atoms with Gasteiger partial charge in [0, 0.05) is 16.8 Å². The molecule has 4 rings (SSSR count). The van der Waals surface area contributed by atoms with Gasteiger partial charge in [0.15, 0.2) is 5.11 Å². The normalized spacial score (nSPS) is 11.6. The van der Waals surface area contributed by atoms with Crippen molar-refractivity contribution in [3.8, 4) is 5.75 Å². The molecular weight excluding hydrogens is 401 g/mol. The number of alkyl halides is 3. The molecule has 4 aromatic rings. The third kappa shape index (κ3) is 3.71. The fourth-order valence-corrected chi connectivity index (χ4v) is 3.35. The Morgan fingerprint density at radius 1 is 0.897 bits per heavy atom. The molecule has 0 atom stereocenters. The maximum Gasteiger partial charge on any atom is 0.418 e. The highest BCUT2D eigenvalue weighted by Crippen LogP contribution is 2.37. The summed E-state index contributed by atoms with van der Waals surface area (Å²) in [5.41, 5.74) is 0.862. The highest BCUT2D eigenvalue weighted by molar-refractivity contribution is 7.80. The second kappa shape index (κ2) is 7.29. The standard InChI is InChI=1S/C21H15F3N2O2S/c1-27-19-10-13-12-6-2-5-9-17(12)28-18(13)11-16(19)26-20(29)25-15-8-4-3-7-14(15)21(22,23)24/h2-11H,1H3,(H2,25,26,29). The average molecular weight is 416 g/mol. The largest absolute Gasteiger partial charge is 0.495 e. The smallest absolute Gasteiger partial charge is 0.418 e. The number of methoxy groups -OCH3 is 1. The molecule has 0 amide bonds. The van der Waals surface area contributed by atoms with Crippen molar-refractivity contribution in [1.29, 1.82) is 0 Å². The van der Waals surface area contributed by atoms with E-state index in [9.17, 15) is 13.2 Å². The van der Waals surface area contributed by atoms with Crippen LogP contribution in [0.1, 0.15) is 5.56 Å². The average Bonchev–Trinajstić information content (AvgIpc) is 3.04. The van der Waals surface area contributed by atoms with Crippen LogP contribution in [0.25, 0.3) is 21.9 Å². The van der Waals surface area contributed by atoms with Gasteiger partial charge >= 0.3 is 6.18 Å². The molecule has 0 aliphatic heterocycles. The van der Waals surface area contributed by atoms with Gasteiger partial charge in [-0.1, -0.05) is 30.3 Å². The van der Waals surface area contributed by atoms with Crippen LogP contribution < -0.4 is 15.4 Å². The van der Waals surface area contributed by atoms with Crippen LogP contribution in [0.2, 0.25) is 0 Å². The number of hydrogen-bond acceptors (Lipinski definition) is 3. The van der Waals surface area contributed by atoms with Crippen molar-refractivity contribution < 1.29 is 22.3 Å². The predicted molar refractivity (Wildman–Crippen MR) is 112 cm³/mol. The Hall–Kier alpha value is -3.26. The number of ether oxygens (including phenoxy) is 1. The summed E-state index contributed by atoms with van der Waals surface area (Å²) in [6, 6.07) is 16.2. The van der Waals surface area contributed by atoms with Gasteiger partial charge in [-0.25, -0.2) is 0 Å². The lowest BCUT2D eigenvalue weighted by atomic mass is 10.1. The van der Waals surface area contributed by atoms with Gasteiger partial charge < -0.3 is 19.8 Å². The van der Waals surface area contributed by atoms with E-state index in [1.54, 1.807) is 12.1 Å². The summed E-state index contributed by atoms with van der Waals surface area (Å²) >= 11 is 5.22. The van der Waals surface area contributed by atoms with Gasteiger partial charge in [-0.15, -0.1) is 0 Å². The minimum absolute atomic E-state index is 0.00420. The number of benzene rings is 3. The van der Waals surface area contributed by atoms with E-state index in [-0.39, 0.29) is 10.8 Å². The number of halogens is 3. The van der Waals surface area contributed by atoms with Gasteiger partial charge in [0.25, 0.3) is 0 Å². The first-order valence-corrected chi connectivity index (χ1v) is 9.01. The summed E-state index contributed by atoms with van der Waals surface area (Å²) in [6.07, 6.45) is -4.50. The molecule has 0 aliphatic carbocycles. The van der Waals surface area contributed by atoms with E-state index in [1.807, 2.05) is 24.3 Å². The fourth-order valence-electron chi connectivity index (χ4n) is 3.13. The topological polar surface area (TPSA) is 46.4 Å². The molecule has 148 valence electrons. The highest BCUT2D eigenvalue weighted by atomic mass is 32.1. The molecule has 0 spiro atoms. The molecule has 0 aliphatic rings. The minimum atomic E-state index is -4.50. The van der Waals surface area contributed by atoms with Crippen molar-refractivity contribution in [2.45, 2.75) is 6.18 Å². The number of rotatable bonds is 3. The predicted octanol–water partition coefficient (Wildman–Crippen LogP) is 6.42. The second-order valence-corrected chi connectivity index (χ2v) is 6.68. The lowest BCUT2D eigenvalue weighted by molar-refractivity contribution is -0.136. The zero-order chi connectivity index (χ0) is 20.6. The maximum absolute atomic E-state index is 13.2. The van der Waals surface area contributed by atoms with E-state index in [0.29, 0.717) is 17.0 Å². The van der Waals surface area contributed by atoms with Crippen molar-refractivity contribution in [2.24, 2.45) is 0 Å². The number of anilines is 2. The van der Waals surface area contributed by atoms with Crippen molar-refractivity contribution in [3.63, 3.8) is 0 Å². The summed E-state index contributed by atoms with van der Waals surface area (Å²) in [4.78, 5) is 0. The second-order valence-electron chi connectivity index (χ2n) is 6.27. The van der Waals surface area contributed by atoms with E-state index in [1.165, 1.54) is 25.3 Å². The molecule has 0 bridgehead atoms. The number of nitrogens with one attached hydrogen (secondary N) is 2. The molecule has 8 heteroatoms. The van der Waals surface area contributed by atoms with E-state index in [0.717, 1.165) is 22.4 Å². The van der Waals surface area contributed by atoms with Crippen molar-refractivity contribution in [1.82, 2.24) is 0 Å². The lowest BCUT2D eigenvalue weighted by Crippen LogP contribution is -2.21. The number of para-hydroxylation sites is 2. The Morgan fingerprint density at radius 3 is 2.34 bits per heavy atom. The molecule has 1 heterocycles. The lowest BCUT2D eigenvalue weighted by Gasteiger charge is -2.17. The molecule has 1 aromatic heterocycles. The van der Waals surface area contributed by atoms with Gasteiger partial charge in [-0.05, 0) is 36.5 Å². The monoisotopic (exact) mass is 416 g/mol. The fraction of sp³-hybridized carbons (Fsp3) is 0.0952. The van der Waals surface area contributed by atoms with Crippen molar-refractivity contribution >= 4 is 50.6 Å². The summed E-state index contributed by atoms with van der Waals surface area (Å²) in [6.45, 7) is 0. The highest BCUT2D eigenvalue weighted by Gasteiger charge is 2.33. The van der Waals surface area contributed by atoms with Gasteiger partial charge in [0.1, 0.15) is 16.9 Å². The van der Waals surface area contributed by atoms with Crippen LogP contribution in [0.3, 0.4) is 0 Å². The van der Waals surface area contributed by atoms with E-state index in [4.69, 9.17) is 21.4 Å². The molecule has 2 N–H and O–H groups in total. The Kier molecular flexibility index (Phi) is 4.79. The van der Waals surface area contributed by atoms with Crippen molar-refractivity contribution in [2.75, 3.05) is 17.7 Å². The molecule has 4 nitrogen and oxygen atoms in total. The minimum Gasteiger partial charge on any atom is -0.495 e. The molecule has 0 radical (unpaired) electrons. The van der Waals surface area contributed by atoms with E-state index >= 15 is 0 Å². The van der Waals surface area contributed by atoms with Crippen LogP contribution in [0.4, 0.5) is 24.5 Å². The maximum atomic E-state index is 13.2. The number of furan rings is 1. The number of hydrogen-bond donors (Lipinski definition) is 2. The zero-order valence-corrected chi connectivity index (χ0v) is 15.9. The summed E-state index contributed by atoms with van der Waals surface area (Å²) in [5, 5.41) is 7.30. The van der Waals surface area contributed by atoms with Crippen molar-refractivity contribution in [3.05, 3.63) is 66.2 Å². The van der Waals surface area contributed by atoms with Crippen LogP contribution in [-0.2, 0) is 6.18 Å². The van der Waals surface area contributed by atoms with Crippen LogP contribution in [0.5, 0.6) is 5.75 Å². The Bertz CT molecular complexity index is 1220. The molecular formula is C21H15F3N2O2S. The first-order chi connectivity index (χ1) is 13.9. The first kappa shape index (κ1) is 19.1. The van der Waals surface area contributed by atoms with E-state index in [2.05, 4.69) is 10.6 Å². The van der Waals surface area contributed by atoms with Gasteiger partial charge in [-0.2, -0.15) is 13.2 Å².